The van der Waals surface area contributed by atoms with Gasteiger partial charge in [-0.2, -0.15) is 4.31 Å². The monoisotopic (exact) mass is 312 g/mol. The molecule has 120 valence electrons. The number of nitrogens with zero attached hydrogens (tertiary/aromatic N) is 1. The first-order valence-electron chi connectivity index (χ1n) is 7.56. The first-order chi connectivity index (χ1) is 9.66. The van der Waals surface area contributed by atoms with Gasteiger partial charge in [0.25, 0.3) is 0 Å². The Morgan fingerprint density at radius 1 is 1.14 bits per heavy atom. The molecule has 0 aliphatic heterocycles. The average molecular weight is 312 g/mol. The SMILES string of the molecule is CCc1cc(N)c(CC)c(S(=O)(=O)N(C)C(C)C(C)C)c1. The molecule has 0 spiro atoms. The summed E-state index contributed by atoms with van der Waals surface area (Å²) in [5.41, 5.74) is 8.30. The number of hydrogen-bond donors (Lipinski definition) is 1. The van der Waals surface area contributed by atoms with Crippen LogP contribution in [0.3, 0.4) is 0 Å². The van der Waals surface area contributed by atoms with E-state index in [1.54, 1.807) is 13.1 Å². The van der Waals surface area contributed by atoms with Gasteiger partial charge in [0.05, 0.1) is 4.90 Å². The maximum absolute atomic E-state index is 12.9. The van der Waals surface area contributed by atoms with Crippen LogP contribution in [-0.2, 0) is 22.9 Å². The van der Waals surface area contributed by atoms with Crippen molar-refractivity contribution in [1.29, 1.82) is 0 Å². The highest BCUT2D eigenvalue weighted by atomic mass is 32.2. The molecular formula is C16H28N2O2S. The topological polar surface area (TPSA) is 63.4 Å². The fraction of sp³-hybridized carbons (Fsp3) is 0.625. The molecule has 1 aromatic rings. The van der Waals surface area contributed by atoms with E-state index in [1.807, 2.05) is 40.7 Å². The molecule has 1 atom stereocenters. The molecule has 1 aromatic carbocycles. The Kier molecular flexibility index (Phi) is 5.82. The highest BCUT2D eigenvalue weighted by Crippen LogP contribution is 2.29. The number of benzene rings is 1. The molecule has 0 aliphatic carbocycles. The van der Waals surface area contributed by atoms with Gasteiger partial charge in [-0.05, 0) is 48.9 Å². The Morgan fingerprint density at radius 3 is 2.14 bits per heavy atom. The maximum atomic E-state index is 12.9. The fourth-order valence-corrected chi connectivity index (χ4v) is 4.20. The second-order valence-electron chi connectivity index (χ2n) is 5.87. The van der Waals surface area contributed by atoms with Gasteiger partial charge in [-0.15, -0.1) is 0 Å². The van der Waals surface area contributed by atoms with Crippen LogP contribution in [0.2, 0.25) is 0 Å². The summed E-state index contributed by atoms with van der Waals surface area (Å²) in [5.74, 6) is 0.251. The second kappa shape index (κ2) is 6.79. The first-order valence-corrected chi connectivity index (χ1v) is 9.00. The van der Waals surface area contributed by atoms with Crippen LogP contribution in [0.4, 0.5) is 5.69 Å². The quantitative estimate of drug-likeness (QED) is 0.821. The van der Waals surface area contributed by atoms with Crippen molar-refractivity contribution in [2.45, 2.75) is 58.4 Å². The highest BCUT2D eigenvalue weighted by Gasteiger charge is 2.29. The van der Waals surface area contributed by atoms with E-state index in [-0.39, 0.29) is 12.0 Å². The molecule has 0 bridgehead atoms. The van der Waals surface area contributed by atoms with Crippen LogP contribution >= 0.6 is 0 Å². The van der Waals surface area contributed by atoms with Crippen molar-refractivity contribution >= 4 is 15.7 Å². The lowest BCUT2D eigenvalue weighted by atomic mass is 10.1. The van der Waals surface area contributed by atoms with Gasteiger partial charge in [0.1, 0.15) is 0 Å². The molecule has 5 heteroatoms. The Bertz CT molecular complexity index is 595. The average Bonchev–Trinajstić information content (AvgIpc) is 2.44. The lowest BCUT2D eigenvalue weighted by molar-refractivity contribution is 0.315. The van der Waals surface area contributed by atoms with Crippen LogP contribution in [0.15, 0.2) is 17.0 Å². The zero-order valence-electron chi connectivity index (χ0n) is 14.0. The van der Waals surface area contributed by atoms with Crippen molar-refractivity contribution in [2.24, 2.45) is 5.92 Å². The standard InChI is InChI=1S/C16H28N2O2S/c1-7-13-9-15(17)14(8-2)16(10-13)21(19,20)18(6)12(5)11(3)4/h9-12H,7-8,17H2,1-6H3. The molecule has 0 saturated heterocycles. The number of sulfonamides is 1. The molecule has 1 rings (SSSR count). The summed E-state index contributed by atoms with van der Waals surface area (Å²) in [4.78, 5) is 0.358. The summed E-state index contributed by atoms with van der Waals surface area (Å²) >= 11 is 0. The van der Waals surface area contributed by atoms with E-state index in [0.29, 0.717) is 17.0 Å². The number of rotatable bonds is 6. The molecule has 0 saturated carbocycles. The van der Waals surface area contributed by atoms with E-state index in [1.165, 1.54) is 4.31 Å². The second-order valence-corrected chi connectivity index (χ2v) is 7.84. The highest BCUT2D eigenvalue weighted by molar-refractivity contribution is 7.89. The van der Waals surface area contributed by atoms with Gasteiger partial charge in [0.2, 0.25) is 10.0 Å². The van der Waals surface area contributed by atoms with E-state index in [4.69, 9.17) is 5.73 Å². The summed E-state index contributed by atoms with van der Waals surface area (Å²) in [5, 5.41) is 0. The van der Waals surface area contributed by atoms with Gasteiger partial charge in [-0.3, -0.25) is 0 Å². The van der Waals surface area contributed by atoms with Crippen LogP contribution in [0, 0.1) is 5.92 Å². The Balaban J connectivity index is 3.46. The zero-order valence-corrected chi connectivity index (χ0v) is 14.8. The van der Waals surface area contributed by atoms with Crippen molar-refractivity contribution in [3.63, 3.8) is 0 Å². The minimum absolute atomic E-state index is 0.0637. The maximum Gasteiger partial charge on any atom is 0.243 e. The Labute approximate surface area is 129 Å². The summed E-state index contributed by atoms with van der Waals surface area (Å²) in [6.07, 6.45) is 1.37. The largest absolute Gasteiger partial charge is 0.398 e. The predicted octanol–water partition coefficient (Wildman–Crippen LogP) is 3.06. The zero-order chi connectivity index (χ0) is 16.4. The van der Waals surface area contributed by atoms with Crippen molar-refractivity contribution < 1.29 is 8.42 Å². The van der Waals surface area contributed by atoms with Crippen molar-refractivity contribution in [3.05, 3.63) is 23.3 Å². The number of anilines is 1. The van der Waals surface area contributed by atoms with E-state index >= 15 is 0 Å². The summed E-state index contributed by atoms with van der Waals surface area (Å²) in [6, 6.07) is 3.59. The number of nitrogens with two attached hydrogens (primary N) is 1. The lowest BCUT2D eigenvalue weighted by Gasteiger charge is -2.28. The Hall–Kier alpha value is -1.07. The van der Waals surface area contributed by atoms with Crippen molar-refractivity contribution in [3.8, 4) is 0 Å². The number of hydrogen-bond acceptors (Lipinski definition) is 3. The third-order valence-electron chi connectivity index (χ3n) is 4.26. The molecular weight excluding hydrogens is 284 g/mol. The molecule has 4 nitrogen and oxygen atoms in total. The molecule has 2 N–H and O–H groups in total. The predicted molar refractivity (Wildman–Crippen MR) is 88.9 cm³/mol. The number of aryl methyl sites for hydroxylation is 1. The van der Waals surface area contributed by atoms with Gasteiger partial charge < -0.3 is 5.73 Å². The van der Waals surface area contributed by atoms with Gasteiger partial charge in [-0.1, -0.05) is 27.7 Å². The summed E-state index contributed by atoms with van der Waals surface area (Å²) in [7, 11) is -1.88. The third kappa shape index (κ3) is 3.58. The molecule has 0 heterocycles. The molecule has 0 fully saturated rings. The Morgan fingerprint density at radius 2 is 1.71 bits per heavy atom. The van der Waals surface area contributed by atoms with Crippen LogP contribution < -0.4 is 5.73 Å². The molecule has 0 aromatic heterocycles. The van der Waals surface area contributed by atoms with E-state index in [2.05, 4.69) is 0 Å². The van der Waals surface area contributed by atoms with Crippen LogP contribution in [0.25, 0.3) is 0 Å². The van der Waals surface area contributed by atoms with Gasteiger partial charge in [-0.25, -0.2) is 8.42 Å². The summed E-state index contributed by atoms with van der Waals surface area (Å²) < 4.78 is 27.4. The molecule has 0 radical (unpaired) electrons. The van der Waals surface area contributed by atoms with Crippen molar-refractivity contribution in [1.82, 2.24) is 4.31 Å². The van der Waals surface area contributed by atoms with E-state index < -0.39 is 10.0 Å². The third-order valence-corrected chi connectivity index (χ3v) is 6.27. The normalized spacial score (nSPS) is 13.9. The molecule has 0 aliphatic rings. The fourth-order valence-electron chi connectivity index (χ4n) is 2.33. The van der Waals surface area contributed by atoms with Crippen LogP contribution in [0.5, 0.6) is 0 Å². The molecule has 21 heavy (non-hydrogen) atoms. The smallest absolute Gasteiger partial charge is 0.243 e. The lowest BCUT2D eigenvalue weighted by Crippen LogP contribution is -2.38. The van der Waals surface area contributed by atoms with Crippen LogP contribution in [0.1, 0.15) is 45.7 Å². The van der Waals surface area contributed by atoms with Gasteiger partial charge in [0.15, 0.2) is 0 Å². The van der Waals surface area contributed by atoms with Crippen LogP contribution in [-0.4, -0.2) is 25.8 Å². The first kappa shape index (κ1) is 18.0. The molecule has 1 unspecified atom stereocenters. The van der Waals surface area contributed by atoms with E-state index in [0.717, 1.165) is 17.5 Å². The summed E-state index contributed by atoms with van der Waals surface area (Å²) in [6.45, 7) is 9.91. The van der Waals surface area contributed by atoms with Gasteiger partial charge in [0, 0.05) is 18.8 Å². The van der Waals surface area contributed by atoms with Gasteiger partial charge >= 0.3 is 0 Å². The molecule has 0 amide bonds. The van der Waals surface area contributed by atoms with E-state index in [9.17, 15) is 8.42 Å². The number of nitrogen functional groups attached to an aromatic ring is 1. The van der Waals surface area contributed by atoms with Crippen molar-refractivity contribution in [2.75, 3.05) is 12.8 Å². The minimum Gasteiger partial charge on any atom is -0.398 e. The minimum atomic E-state index is -3.53.